The van der Waals surface area contributed by atoms with Gasteiger partial charge in [0.1, 0.15) is 5.69 Å². The van der Waals surface area contributed by atoms with Crippen molar-refractivity contribution in [2.75, 3.05) is 12.0 Å². The zero-order chi connectivity index (χ0) is 15.6. The predicted molar refractivity (Wildman–Crippen MR) is 73.3 cm³/mol. The lowest BCUT2D eigenvalue weighted by molar-refractivity contribution is -0.143. The second-order valence-electron chi connectivity index (χ2n) is 5.51. The molecular formula is C13H18N4O4. The van der Waals surface area contributed by atoms with E-state index in [-0.39, 0.29) is 37.5 Å². The topological polar surface area (TPSA) is 103 Å². The van der Waals surface area contributed by atoms with Gasteiger partial charge in [-0.15, -0.1) is 10.2 Å². The third-order valence-electron chi connectivity index (χ3n) is 3.24. The Morgan fingerprint density at radius 3 is 2.76 bits per heavy atom. The van der Waals surface area contributed by atoms with Crippen molar-refractivity contribution in [1.29, 1.82) is 0 Å². The van der Waals surface area contributed by atoms with Crippen LogP contribution in [0.15, 0.2) is 4.79 Å². The molecule has 0 saturated carbocycles. The summed E-state index contributed by atoms with van der Waals surface area (Å²) in [4.78, 5) is 35.3. The first-order valence-corrected chi connectivity index (χ1v) is 6.79. The molecule has 0 unspecified atom stereocenters. The van der Waals surface area contributed by atoms with Crippen molar-refractivity contribution in [2.24, 2.45) is 0 Å². The molecule has 8 heteroatoms. The van der Waals surface area contributed by atoms with Crippen molar-refractivity contribution in [3.8, 4) is 0 Å². The second kappa shape index (κ2) is 5.63. The quantitative estimate of drug-likeness (QED) is 0.777. The van der Waals surface area contributed by atoms with E-state index in [9.17, 15) is 14.4 Å². The molecule has 1 aromatic heterocycles. The van der Waals surface area contributed by atoms with E-state index in [1.54, 1.807) is 6.92 Å². The molecule has 8 nitrogen and oxygen atoms in total. The van der Waals surface area contributed by atoms with Crippen molar-refractivity contribution in [2.45, 2.75) is 45.4 Å². The molecule has 0 spiro atoms. The summed E-state index contributed by atoms with van der Waals surface area (Å²) in [5, 5.41) is 7.94. The van der Waals surface area contributed by atoms with E-state index < -0.39 is 16.9 Å². The molecule has 0 atom stereocenters. The summed E-state index contributed by atoms with van der Waals surface area (Å²) in [5.74, 6) is -0.239. The molecule has 2 heterocycles. The van der Waals surface area contributed by atoms with Crippen LogP contribution in [0, 0.1) is 0 Å². The van der Waals surface area contributed by atoms with Crippen LogP contribution in [0.25, 0.3) is 0 Å². The molecule has 0 bridgehead atoms. The summed E-state index contributed by atoms with van der Waals surface area (Å²) < 4.78 is 5.92. The van der Waals surface area contributed by atoms with E-state index in [1.807, 2.05) is 13.8 Å². The van der Waals surface area contributed by atoms with Crippen LogP contribution in [-0.4, -0.2) is 33.4 Å². The van der Waals surface area contributed by atoms with Gasteiger partial charge in [0.2, 0.25) is 5.91 Å². The largest absolute Gasteiger partial charge is 0.466 e. The maximum absolute atomic E-state index is 12.3. The van der Waals surface area contributed by atoms with Crippen LogP contribution >= 0.6 is 0 Å². The molecule has 0 radical (unpaired) electrons. The number of carbonyl (C=O) groups excluding carboxylic acids is 2. The number of hydrogen-bond acceptors (Lipinski definition) is 6. The monoisotopic (exact) mass is 294 g/mol. The maximum Gasteiger partial charge on any atom is 0.306 e. The average molecular weight is 294 g/mol. The van der Waals surface area contributed by atoms with Gasteiger partial charge in [-0.05, 0) is 6.92 Å². The minimum absolute atomic E-state index is 0.0500. The summed E-state index contributed by atoms with van der Waals surface area (Å²) in [6, 6.07) is 0. The van der Waals surface area contributed by atoms with Crippen molar-refractivity contribution < 1.29 is 14.3 Å². The Kier molecular flexibility index (Phi) is 4.06. The van der Waals surface area contributed by atoms with Crippen molar-refractivity contribution in [1.82, 2.24) is 14.9 Å². The molecule has 0 fully saturated rings. The molecular weight excluding hydrogens is 276 g/mol. The molecule has 1 aliphatic rings. The van der Waals surface area contributed by atoms with Crippen LogP contribution in [0.4, 0.5) is 0 Å². The molecule has 1 amide bonds. The van der Waals surface area contributed by atoms with Gasteiger partial charge in [0, 0.05) is 18.3 Å². The van der Waals surface area contributed by atoms with Gasteiger partial charge in [0.05, 0.1) is 13.0 Å². The van der Waals surface area contributed by atoms with Crippen LogP contribution in [0.5, 0.6) is 0 Å². The van der Waals surface area contributed by atoms with Gasteiger partial charge < -0.3 is 4.74 Å². The van der Waals surface area contributed by atoms with Crippen molar-refractivity contribution in [3.05, 3.63) is 21.9 Å². The zero-order valence-corrected chi connectivity index (χ0v) is 12.3. The number of aromatic nitrogens is 3. The molecule has 0 aromatic carbocycles. The smallest absolute Gasteiger partial charge is 0.306 e. The van der Waals surface area contributed by atoms with Gasteiger partial charge in [0.25, 0.3) is 5.56 Å². The first kappa shape index (κ1) is 15.1. The van der Waals surface area contributed by atoms with Crippen LogP contribution < -0.4 is 11.0 Å². The fourth-order valence-corrected chi connectivity index (χ4v) is 2.22. The fraction of sp³-hybridized carbons (Fsp3) is 0.615. The average Bonchev–Trinajstić information content (AvgIpc) is 2.38. The Hall–Kier alpha value is -2.25. The van der Waals surface area contributed by atoms with Gasteiger partial charge in [0.15, 0.2) is 5.82 Å². The van der Waals surface area contributed by atoms with E-state index in [2.05, 4.69) is 15.6 Å². The van der Waals surface area contributed by atoms with Gasteiger partial charge in [-0.1, -0.05) is 13.8 Å². The minimum Gasteiger partial charge on any atom is -0.466 e. The van der Waals surface area contributed by atoms with Crippen LogP contribution in [-0.2, 0) is 26.2 Å². The molecule has 1 N–H and O–H groups in total. The summed E-state index contributed by atoms with van der Waals surface area (Å²) in [6.45, 7) is 5.65. The highest BCUT2D eigenvalue weighted by molar-refractivity contribution is 5.86. The number of ether oxygens (including phenoxy) is 1. The normalized spacial score (nSPS) is 16.0. The van der Waals surface area contributed by atoms with E-state index in [0.717, 1.165) is 4.68 Å². The van der Waals surface area contributed by atoms with Crippen LogP contribution in [0.3, 0.4) is 0 Å². The van der Waals surface area contributed by atoms with E-state index >= 15 is 0 Å². The van der Waals surface area contributed by atoms with Gasteiger partial charge in [-0.25, -0.2) is 0 Å². The third kappa shape index (κ3) is 3.09. The summed E-state index contributed by atoms with van der Waals surface area (Å²) >= 11 is 0. The summed E-state index contributed by atoms with van der Waals surface area (Å²) in [7, 11) is 0. The van der Waals surface area contributed by atoms with Gasteiger partial charge >= 0.3 is 5.97 Å². The van der Waals surface area contributed by atoms with E-state index in [1.165, 1.54) is 0 Å². The molecule has 2 rings (SSSR count). The molecule has 0 saturated heterocycles. The van der Waals surface area contributed by atoms with Crippen molar-refractivity contribution >= 4 is 11.9 Å². The first-order valence-electron chi connectivity index (χ1n) is 6.79. The Bertz CT molecular complexity index is 636. The second-order valence-corrected chi connectivity index (χ2v) is 5.51. The van der Waals surface area contributed by atoms with Crippen LogP contribution in [0.2, 0.25) is 0 Å². The number of rotatable bonds is 4. The van der Waals surface area contributed by atoms with Crippen LogP contribution in [0.1, 0.15) is 45.1 Å². The minimum atomic E-state index is -0.561. The lowest BCUT2D eigenvalue weighted by atomic mass is 9.87. The molecule has 21 heavy (non-hydrogen) atoms. The number of nitrogens with one attached hydrogen (secondary N) is 1. The van der Waals surface area contributed by atoms with E-state index in [0.29, 0.717) is 5.82 Å². The Morgan fingerprint density at radius 2 is 2.10 bits per heavy atom. The number of amides is 1. The van der Waals surface area contributed by atoms with Crippen molar-refractivity contribution in [3.63, 3.8) is 0 Å². The summed E-state index contributed by atoms with van der Waals surface area (Å²) in [6.07, 6.45) is 0.416. The zero-order valence-electron chi connectivity index (χ0n) is 12.3. The van der Waals surface area contributed by atoms with E-state index in [4.69, 9.17) is 4.74 Å². The Labute approximate surface area is 121 Å². The third-order valence-corrected chi connectivity index (χ3v) is 3.24. The number of aryl methyl sites for hydroxylation is 1. The lowest BCUT2D eigenvalue weighted by Gasteiger charge is -2.30. The number of fused-ring (bicyclic) bond motifs is 1. The standard InChI is InChI=1S/C13H18N4O4/c1-4-21-10(19)6-5-8-11(20)17-12(15-14-8)13(2,3)7-9(18)16-17/h4-7H2,1-3H3,(H,16,18). The highest BCUT2D eigenvalue weighted by Gasteiger charge is 2.35. The number of esters is 1. The molecule has 1 aliphatic heterocycles. The molecule has 1 aromatic rings. The Morgan fingerprint density at radius 1 is 1.38 bits per heavy atom. The number of carbonyl (C=O) groups is 2. The highest BCUT2D eigenvalue weighted by atomic mass is 16.5. The SMILES string of the molecule is CCOC(=O)CCc1nnc2n(c1=O)NC(=O)CC2(C)C. The molecule has 0 aliphatic carbocycles. The molecule has 114 valence electrons. The number of hydrogen-bond donors (Lipinski definition) is 1. The predicted octanol–water partition coefficient (Wildman–Crippen LogP) is -0.115. The van der Waals surface area contributed by atoms with Gasteiger partial charge in [-0.3, -0.25) is 19.8 Å². The summed E-state index contributed by atoms with van der Waals surface area (Å²) in [5.41, 5.74) is 1.60. The highest BCUT2D eigenvalue weighted by Crippen LogP contribution is 2.26. The lowest BCUT2D eigenvalue weighted by Crippen LogP contribution is -2.48. The number of nitrogens with zero attached hydrogens (tertiary/aromatic N) is 3. The first-order chi connectivity index (χ1) is 9.85. The Balaban J connectivity index is 2.28. The van der Waals surface area contributed by atoms with Gasteiger partial charge in [-0.2, -0.15) is 4.68 Å². The maximum atomic E-state index is 12.3. The fourth-order valence-electron chi connectivity index (χ4n) is 2.22.